The first-order valence-corrected chi connectivity index (χ1v) is 2.14. The Hall–Kier alpha value is 0.517. The van der Waals surface area contributed by atoms with E-state index in [9.17, 15) is 0 Å². The summed E-state index contributed by atoms with van der Waals surface area (Å²) in [4.78, 5) is 0. The van der Waals surface area contributed by atoms with E-state index in [-0.39, 0.29) is 18.9 Å². The molecule has 0 spiro atoms. The van der Waals surface area contributed by atoms with E-state index in [4.69, 9.17) is 4.74 Å². The summed E-state index contributed by atoms with van der Waals surface area (Å²) in [5.74, 6) is 0. The first-order valence-electron chi connectivity index (χ1n) is 2.14. The summed E-state index contributed by atoms with van der Waals surface area (Å²) in [7, 11) is 0. The third-order valence-corrected chi connectivity index (χ3v) is 0.742. The second-order valence-corrected chi connectivity index (χ2v) is 1.24. The Bertz CT molecular complexity index is 27.2. The zero-order valence-electron chi connectivity index (χ0n) is 4.61. The molecule has 0 radical (unpaired) electrons. The second kappa shape index (κ2) is 4.67. The van der Waals surface area contributed by atoms with Crippen molar-refractivity contribution >= 4 is 0 Å². The average molecular weight is 93.1 g/mol. The molecule has 0 aromatic heterocycles. The first kappa shape index (κ1) is 7.52. The van der Waals surface area contributed by atoms with E-state index in [1.54, 1.807) is 6.61 Å². The zero-order chi connectivity index (χ0) is 4.24. The Labute approximate surface area is 55.8 Å². The van der Waals surface area contributed by atoms with Gasteiger partial charge in [-0.2, -0.15) is 6.61 Å². The van der Waals surface area contributed by atoms with Crippen molar-refractivity contribution in [1.82, 2.24) is 5.32 Å². The van der Waals surface area contributed by atoms with E-state index in [2.05, 4.69) is 5.32 Å². The SMILES string of the molecule is [CH-]1CNCCO1.[Li+]. The summed E-state index contributed by atoms with van der Waals surface area (Å²) in [6.07, 6.45) is 0. The molecule has 0 aliphatic carbocycles. The van der Waals surface area contributed by atoms with Crippen LogP contribution in [0.25, 0.3) is 0 Å². The van der Waals surface area contributed by atoms with Gasteiger partial charge in [0.05, 0.1) is 0 Å². The third-order valence-electron chi connectivity index (χ3n) is 0.742. The Kier molecular flexibility index (Phi) is 5.02. The molecule has 1 aliphatic rings. The van der Waals surface area contributed by atoms with Crippen LogP contribution >= 0.6 is 0 Å². The Morgan fingerprint density at radius 2 is 2.43 bits per heavy atom. The number of nitrogens with one attached hydrogen (secondary N) is 1. The van der Waals surface area contributed by atoms with Gasteiger partial charge in [0, 0.05) is 13.2 Å². The fourth-order valence-corrected chi connectivity index (χ4v) is 0.434. The fourth-order valence-electron chi connectivity index (χ4n) is 0.434. The Morgan fingerprint density at radius 3 is 2.57 bits per heavy atom. The van der Waals surface area contributed by atoms with Crippen LogP contribution in [0.2, 0.25) is 0 Å². The summed E-state index contributed by atoms with van der Waals surface area (Å²) in [5.41, 5.74) is 0. The molecule has 1 heterocycles. The molecule has 36 valence electrons. The van der Waals surface area contributed by atoms with Gasteiger partial charge >= 0.3 is 18.9 Å². The van der Waals surface area contributed by atoms with Gasteiger partial charge in [0.2, 0.25) is 0 Å². The maximum Gasteiger partial charge on any atom is 1.00 e. The van der Waals surface area contributed by atoms with Crippen LogP contribution < -0.4 is 24.2 Å². The van der Waals surface area contributed by atoms with E-state index in [0.717, 1.165) is 19.7 Å². The van der Waals surface area contributed by atoms with E-state index < -0.39 is 0 Å². The molecule has 7 heavy (non-hydrogen) atoms. The summed E-state index contributed by atoms with van der Waals surface area (Å²) >= 11 is 0. The molecular weight excluding hydrogens is 85.0 g/mol. The smallest absolute Gasteiger partial charge is 0.550 e. The molecule has 0 unspecified atom stereocenters. The third kappa shape index (κ3) is 3.13. The van der Waals surface area contributed by atoms with Gasteiger partial charge in [0.15, 0.2) is 0 Å². The van der Waals surface area contributed by atoms with Crippen molar-refractivity contribution in [3.05, 3.63) is 6.61 Å². The molecule has 0 atom stereocenters. The van der Waals surface area contributed by atoms with Crippen LogP contribution in [0, 0.1) is 6.61 Å². The van der Waals surface area contributed by atoms with Crippen molar-refractivity contribution in [2.45, 2.75) is 0 Å². The van der Waals surface area contributed by atoms with E-state index >= 15 is 0 Å². The van der Waals surface area contributed by atoms with Crippen LogP contribution in [0.4, 0.5) is 0 Å². The van der Waals surface area contributed by atoms with Crippen molar-refractivity contribution in [3.63, 3.8) is 0 Å². The van der Waals surface area contributed by atoms with Gasteiger partial charge in [-0.05, 0) is 0 Å². The minimum Gasteiger partial charge on any atom is -0.550 e. The van der Waals surface area contributed by atoms with Gasteiger partial charge in [0.1, 0.15) is 0 Å². The number of rotatable bonds is 0. The molecule has 1 N–H and O–H groups in total. The second-order valence-electron chi connectivity index (χ2n) is 1.24. The topological polar surface area (TPSA) is 21.3 Å². The van der Waals surface area contributed by atoms with Crippen LogP contribution in [-0.2, 0) is 4.74 Å². The number of hydrogen-bond donors (Lipinski definition) is 1. The molecule has 1 fully saturated rings. The molecule has 0 bridgehead atoms. The molecule has 3 heteroatoms. The minimum absolute atomic E-state index is 0. The summed E-state index contributed by atoms with van der Waals surface area (Å²) in [5, 5.41) is 3.10. The standard InChI is InChI=1S/C4H8NO.Li/c1-3-6-4-2-5-1;/h3,5H,1-2,4H2;/q-1;+1. The molecule has 1 saturated heterocycles. The predicted molar refractivity (Wildman–Crippen MR) is 23.1 cm³/mol. The fraction of sp³-hybridized carbons (Fsp3) is 0.750. The Morgan fingerprint density at radius 1 is 1.57 bits per heavy atom. The van der Waals surface area contributed by atoms with E-state index in [0.29, 0.717) is 0 Å². The zero-order valence-corrected chi connectivity index (χ0v) is 4.61. The minimum atomic E-state index is 0. The molecule has 0 amide bonds. The van der Waals surface area contributed by atoms with Gasteiger partial charge in [-0.1, -0.05) is 0 Å². The van der Waals surface area contributed by atoms with Crippen molar-refractivity contribution < 1.29 is 23.6 Å². The molecule has 0 saturated carbocycles. The van der Waals surface area contributed by atoms with Crippen molar-refractivity contribution in [2.75, 3.05) is 19.7 Å². The van der Waals surface area contributed by atoms with Gasteiger partial charge in [-0.3, -0.25) is 0 Å². The van der Waals surface area contributed by atoms with Crippen molar-refractivity contribution in [3.8, 4) is 0 Å². The summed E-state index contributed by atoms with van der Waals surface area (Å²) < 4.78 is 4.88. The van der Waals surface area contributed by atoms with Crippen LogP contribution in [0.15, 0.2) is 0 Å². The summed E-state index contributed by atoms with van der Waals surface area (Å²) in [6, 6.07) is 0. The average Bonchev–Trinajstić information content (AvgIpc) is 1.72. The monoisotopic (exact) mass is 93.1 g/mol. The summed E-state index contributed by atoms with van der Waals surface area (Å²) in [6.45, 7) is 4.51. The van der Waals surface area contributed by atoms with Gasteiger partial charge in [-0.15, -0.1) is 6.54 Å². The molecule has 2 nitrogen and oxygen atoms in total. The van der Waals surface area contributed by atoms with E-state index in [1.807, 2.05) is 0 Å². The molecule has 1 rings (SSSR count). The van der Waals surface area contributed by atoms with Gasteiger partial charge < -0.3 is 10.1 Å². The predicted octanol–water partition coefficient (Wildman–Crippen LogP) is -3.23. The molecule has 1 aliphatic heterocycles. The Balaban J connectivity index is 0.000000360. The van der Waals surface area contributed by atoms with Crippen molar-refractivity contribution in [2.24, 2.45) is 0 Å². The maximum absolute atomic E-state index is 4.88. The maximum atomic E-state index is 4.88. The largest absolute Gasteiger partial charge is 1.00 e. The molecule has 0 aromatic rings. The first-order chi connectivity index (χ1) is 3.00. The molecular formula is C4H8LiNO. The van der Waals surface area contributed by atoms with Crippen LogP contribution in [0.3, 0.4) is 0 Å². The van der Waals surface area contributed by atoms with Gasteiger partial charge in [-0.25, -0.2) is 0 Å². The molecule has 0 aromatic carbocycles. The quantitative estimate of drug-likeness (QED) is 0.251. The van der Waals surface area contributed by atoms with Crippen LogP contribution in [0.1, 0.15) is 0 Å². The van der Waals surface area contributed by atoms with E-state index in [1.165, 1.54) is 0 Å². The van der Waals surface area contributed by atoms with Crippen LogP contribution in [-0.4, -0.2) is 19.7 Å². The normalized spacial score (nSPS) is 20.6. The van der Waals surface area contributed by atoms with Crippen molar-refractivity contribution in [1.29, 1.82) is 0 Å². The number of hydrogen-bond acceptors (Lipinski definition) is 2. The number of morpholine rings is 1. The number of ether oxygens (including phenoxy) is 1. The van der Waals surface area contributed by atoms with Crippen LogP contribution in [0.5, 0.6) is 0 Å². The van der Waals surface area contributed by atoms with Gasteiger partial charge in [0.25, 0.3) is 0 Å².